The lowest BCUT2D eigenvalue weighted by atomic mass is 10.0. The van der Waals surface area contributed by atoms with Crippen LogP contribution in [0.2, 0.25) is 0 Å². The van der Waals surface area contributed by atoms with Crippen molar-refractivity contribution >= 4 is 21.0 Å². The highest BCUT2D eigenvalue weighted by atomic mass is 32.2. The molecule has 1 aromatic heterocycles. The van der Waals surface area contributed by atoms with Gasteiger partial charge in [0.05, 0.1) is 6.26 Å². The van der Waals surface area contributed by atoms with Crippen LogP contribution >= 0.6 is 0 Å². The van der Waals surface area contributed by atoms with Crippen molar-refractivity contribution in [1.29, 1.82) is 0 Å². The third-order valence-corrected chi connectivity index (χ3v) is 5.43. The largest absolute Gasteiger partial charge is 0.423 e. The van der Waals surface area contributed by atoms with E-state index in [9.17, 15) is 13.2 Å². The van der Waals surface area contributed by atoms with Crippen LogP contribution < -0.4 is 10.3 Å². The molecule has 2 aromatic rings. The van der Waals surface area contributed by atoms with Crippen molar-refractivity contribution in [2.45, 2.75) is 38.8 Å². The molecule has 0 radical (unpaired) electrons. The first kappa shape index (κ1) is 18.1. The van der Waals surface area contributed by atoms with Crippen molar-refractivity contribution in [2.24, 2.45) is 0 Å². The number of nitrogens with zero attached hydrogens (tertiary/aromatic N) is 1. The molecule has 1 aromatic carbocycles. The van der Waals surface area contributed by atoms with Crippen LogP contribution in [-0.2, 0) is 23.0 Å². The second kappa shape index (κ2) is 7.27. The van der Waals surface area contributed by atoms with Gasteiger partial charge in [-0.2, -0.15) is 0 Å². The highest BCUT2D eigenvalue weighted by Gasteiger charge is 2.22. The summed E-state index contributed by atoms with van der Waals surface area (Å²) in [7, 11) is -3.16. The number of benzene rings is 1. The second-order valence-electron chi connectivity index (χ2n) is 6.72. The summed E-state index contributed by atoms with van der Waals surface area (Å²) in [6, 6.07) is 7.58. The molecule has 1 saturated heterocycles. The zero-order chi connectivity index (χ0) is 18.0. The van der Waals surface area contributed by atoms with E-state index < -0.39 is 10.0 Å². The minimum absolute atomic E-state index is 0.00375. The van der Waals surface area contributed by atoms with Gasteiger partial charge in [0.25, 0.3) is 0 Å². The van der Waals surface area contributed by atoms with E-state index in [1.165, 1.54) is 6.26 Å². The molecule has 0 saturated carbocycles. The number of rotatable bonds is 5. The molecule has 1 aliphatic heterocycles. The summed E-state index contributed by atoms with van der Waals surface area (Å²) in [6.45, 7) is 4.32. The summed E-state index contributed by atoms with van der Waals surface area (Å²) in [4.78, 5) is 14.1. The maximum absolute atomic E-state index is 11.9. The number of fused-ring (bicyclic) bond motifs is 1. The SMILES string of the molecule is CCc1ccc2c(CN3CCC(NS(C)(=O)=O)CC3)cc(=O)oc2c1. The lowest BCUT2D eigenvalue weighted by molar-refractivity contribution is 0.200. The van der Waals surface area contributed by atoms with Crippen molar-refractivity contribution < 1.29 is 12.8 Å². The van der Waals surface area contributed by atoms with Gasteiger partial charge in [-0.3, -0.25) is 4.90 Å². The molecule has 3 rings (SSSR count). The Balaban J connectivity index is 1.74. The third kappa shape index (κ3) is 4.68. The van der Waals surface area contributed by atoms with E-state index in [2.05, 4.69) is 22.6 Å². The van der Waals surface area contributed by atoms with Crippen molar-refractivity contribution in [3.8, 4) is 0 Å². The van der Waals surface area contributed by atoms with Crippen LogP contribution in [-0.4, -0.2) is 38.7 Å². The Morgan fingerprint density at radius 2 is 1.96 bits per heavy atom. The maximum atomic E-state index is 11.9. The predicted molar refractivity (Wildman–Crippen MR) is 98.1 cm³/mol. The fraction of sp³-hybridized carbons (Fsp3) is 0.500. The van der Waals surface area contributed by atoms with Crippen LogP contribution in [0.25, 0.3) is 11.0 Å². The van der Waals surface area contributed by atoms with Crippen LogP contribution in [0.1, 0.15) is 30.9 Å². The van der Waals surface area contributed by atoms with Gasteiger partial charge in [-0.25, -0.2) is 17.9 Å². The molecule has 0 unspecified atom stereocenters. The highest BCUT2D eigenvalue weighted by molar-refractivity contribution is 7.88. The molecule has 1 N–H and O–H groups in total. The Bertz CT molecular complexity index is 912. The lowest BCUT2D eigenvalue weighted by Gasteiger charge is -2.32. The van der Waals surface area contributed by atoms with Crippen molar-refractivity contribution in [1.82, 2.24) is 9.62 Å². The van der Waals surface area contributed by atoms with Gasteiger partial charge in [-0.15, -0.1) is 0 Å². The average Bonchev–Trinajstić information content (AvgIpc) is 2.54. The van der Waals surface area contributed by atoms with E-state index in [4.69, 9.17) is 4.42 Å². The predicted octanol–water partition coefficient (Wildman–Crippen LogP) is 1.87. The van der Waals surface area contributed by atoms with Crippen LogP contribution in [0.4, 0.5) is 0 Å². The minimum Gasteiger partial charge on any atom is -0.423 e. The van der Waals surface area contributed by atoms with Gasteiger partial charge in [0.15, 0.2) is 0 Å². The van der Waals surface area contributed by atoms with Crippen LogP contribution in [0.3, 0.4) is 0 Å². The standard InChI is InChI=1S/C18H24N2O4S/c1-3-13-4-5-16-14(11-18(21)24-17(16)10-13)12-20-8-6-15(7-9-20)19-25(2,22)23/h4-5,10-11,15,19H,3,6-9,12H2,1-2H3. The summed E-state index contributed by atoms with van der Waals surface area (Å²) in [6.07, 6.45) is 3.63. The molecule has 7 heteroatoms. The van der Waals surface area contributed by atoms with Gasteiger partial charge in [0.1, 0.15) is 5.58 Å². The number of likely N-dealkylation sites (tertiary alicyclic amines) is 1. The number of piperidine rings is 1. The smallest absolute Gasteiger partial charge is 0.336 e. The number of sulfonamides is 1. The maximum Gasteiger partial charge on any atom is 0.336 e. The number of hydrogen-bond acceptors (Lipinski definition) is 5. The molecule has 6 nitrogen and oxygen atoms in total. The Morgan fingerprint density at radius 3 is 2.60 bits per heavy atom. The van der Waals surface area contributed by atoms with Gasteiger partial charge >= 0.3 is 5.63 Å². The fourth-order valence-electron chi connectivity index (χ4n) is 3.38. The fourth-order valence-corrected chi connectivity index (χ4v) is 4.22. The molecule has 0 amide bonds. The average molecular weight is 364 g/mol. The molecule has 25 heavy (non-hydrogen) atoms. The second-order valence-corrected chi connectivity index (χ2v) is 8.50. The van der Waals surface area contributed by atoms with Gasteiger partial charge in [-0.1, -0.05) is 19.1 Å². The lowest BCUT2D eigenvalue weighted by Crippen LogP contribution is -2.44. The first-order valence-corrected chi connectivity index (χ1v) is 10.5. The summed E-state index contributed by atoms with van der Waals surface area (Å²) in [5, 5.41) is 0.966. The van der Waals surface area contributed by atoms with E-state index in [1.54, 1.807) is 6.07 Å². The molecule has 0 spiro atoms. The van der Waals surface area contributed by atoms with Gasteiger partial charge in [0, 0.05) is 37.1 Å². The summed E-state index contributed by atoms with van der Waals surface area (Å²) < 4.78 is 30.7. The number of nitrogens with one attached hydrogen (secondary N) is 1. The Labute approximate surface area is 147 Å². The quantitative estimate of drug-likeness (QED) is 0.820. The van der Waals surface area contributed by atoms with Gasteiger partial charge in [0.2, 0.25) is 10.0 Å². The molecule has 2 heterocycles. The number of aryl methyl sites for hydroxylation is 1. The minimum atomic E-state index is -3.16. The zero-order valence-corrected chi connectivity index (χ0v) is 15.4. The molecule has 136 valence electrons. The van der Waals surface area contributed by atoms with E-state index in [-0.39, 0.29) is 11.7 Å². The van der Waals surface area contributed by atoms with Gasteiger partial charge in [-0.05, 0) is 36.5 Å². The monoisotopic (exact) mass is 364 g/mol. The zero-order valence-electron chi connectivity index (χ0n) is 14.6. The van der Waals surface area contributed by atoms with Crippen molar-refractivity contribution in [3.05, 3.63) is 45.8 Å². The Hall–Kier alpha value is -1.70. The third-order valence-electron chi connectivity index (χ3n) is 4.67. The highest BCUT2D eigenvalue weighted by Crippen LogP contribution is 2.22. The first-order chi connectivity index (χ1) is 11.8. The topological polar surface area (TPSA) is 79.6 Å². The first-order valence-electron chi connectivity index (χ1n) is 8.59. The van der Waals surface area contributed by atoms with Crippen LogP contribution in [0.5, 0.6) is 0 Å². The van der Waals surface area contributed by atoms with Crippen molar-refractivity contribution in [2.75, 3.05) is 19.3 Å². The molecule has 0 bridgehead atoms. The molecule has 0 aliphatic carbocycles. The molecular weight excluding hydrogens is 340 g/mol. The number of hydrogen-bond donors (Lipinski definition) is 1. The summed E-state index contributed by atoms with van der Waals surface area (Å²) in [5.41, 5.74) is 2.41. The Kier molecular flexibility index (Phi) is 5.27. The van der Waals surface area contributed by atoms with E-state index in [0.717, 1.165) is 48.9 Å². The molecular formula is C18H24N2O4S. The molecule has 0 atom stereocenters. The molecule has 1 aliphatic rings. The van der Waals surface area contributed by atoms with Crippen LogP contribution in [0.15, 0.2) is 33.5 Å². The van der Waals surface area contributed by atoms with Crippen LogP contribution in [0, 0.1) is 0 Å². The van der Waals surface area contributed by atoms with Crippen molar-refractivity contribution in [3.63, 3.8) is 0 Å². The summed E-state index contributed by atoms with van der Waals surface area (Å²) in [5.74, 6) is 0. The van der Waals surface area contributed by atoms with Gasteiger partial charge < -0.3 is 4.42 Å². The van der Waals surface area contributed by atoms with E-state index >= 15 is 0 Å². The Morgan fingerprint density at radius 1 is 1.24 bits per heavy atom. The van der Waals surface area contributed by atoms with E-state index in [1.807, 2.05) is 12.1 Å². The summed E-state index contributed by atoms with van der Waals surface area (Å²) >= 11 is 0. The normalized spacial score (nSPS) is 17.2. The molecule has 1 fully saturated rings. The van der Waals surface area contributed by atoms with E-state index in [0.29, 0.717) is 12.1 Å².